The molecule has 0 amide bonds. The molecule has 0 bridgehead atoms. The summed E-state index contributed by atoms with van der Waals surface area (Å²) >= 11 is 0. The van der Waals surface area contributed by atoms with Crippen LogP contribution in [0.15, 0.2) is 0 Å². The first-order valence-corrected chi connectivity index (χ1v) is 4.34. The Balaban J connectivity index is 0. The van der Waals surface area contributed by atoms with Crippen molar-refractivity contribution in [1.82, 2.24) is 0 Å². The van der Waals surface area contributed by atoms with Crippen molar-refractivity contribution in [1.29, 1.82) is 0 Å². The van der Waals surface area contributed by atoms with E-state index >= 15 is 0 Å². The third-order valence-electron chi connectivity index (χ3n) is 1.76. The van der Waals surface area contributed by atoms with Gasteiger partial charge in [0, 0.05) is 0 Å². The highest BCUT2D eigenvalue weighted by Crippen LogP contribution is 1.97. The maximum absolute atomic E-state index is 12.3. The highest BCUT2D eigenvalue weighted by atomic mass is 79.9. The quantitative estimate of drug-likeness (QED) is 0.296. The summed E-state index contributed by atoms with van der Waals surface area (Å²) in [6.45, 7) is -0.492. The van der Waals surface area contributed by atoms with Crippen molar-refractivity contribution < 1.29 is 40.5 Å². The number of nitrogens with zero attached hydrogens (tertiary/aromatic N) is 1. The lowest BCUT2D eigenvalue weighted by Crippen LogP contribution is -3.00. The van der Waals surface area contributed by atoms with Crippen molar-refractivity contribution in [3.63, 3.8) is 0 Å². The molecular formula is C8H18BrFN2O3. The molecule has 1 unspecified atom stereocenters. The summed E-state index contributed by atoms with van der Waals surface area (Å²) in [5, 5.41) is 8.52. The molecule has 0 fully saturated rings. The number of halogens is 2. The van der Waals surface area contributed by atoms with Gasteiger partial charge in [0.05, 0.1) is 20.7 Å². The number of quaternary nitrogens is 1. The second kappa shape index (κ2) is 7.98. The van der Waals surface area contributed by atoms with Crippen LogP contribution in [-0.4, -0.2) is 62.3 Å². The van der Waals surface area contributed by atoms with E-state index in [1.165, 1.54) is 0 Å². The topological polar surface area (TPSA) is 72.5 Å². The molecule has 5 nitrogen and oxygen atoms in total. The minimum atomic E-state index is -1.00. The van der Waals surface area contributed by atoms with Crippen LogP contribution in [0.4, 0.5) is 4.39 Å². The van der Waals surface area contributed by atoms with Gasteiger partial charge >= 0.3 is 5.97 Å². The van der Waals surface area contributed by atoms with Gasteiger partial charge in [-0.15, -0.1) is 0 Å². The summed E-state index contributed by atoms with van der Waals surface area (Å²) in [6.07, 6.45) is 0. The normalized spacial score (nSPS) is 12.9. The zero-order valence-electron chi connectivity index (χ0n) is 8.95. The minimum Gasteiger partial charge on any atom is -1.00 e. The smallest absolute Gasteiger partial charge is 0.325 e. The predicted molar refractivity (Wildman–Crippen MR) is 49.0 cm³/mol. The van der Waals surface area contributed by atoms with Crippen molar-refractivity contribution in [2.45, 2.75) is 6.04 Å². The molecule has 7 heteroatoms. The molecule has 0 heterocycles. The minimum absolute atomic E-state index is 0. The van der Waals surface area contributed by atoms with E-state index in [-0.39, 0.29) is 28.1 Å². The second-order valence-electron chi connectivity index (χ2n) is 3.74. The molecule has 15 heavy (non-hydrogen) atoms. The average Bonchev–Trinajstić information content (AvgIpc) is 2.16. The lowest BCUT2D eigenvalue weighted by molar-refractivity contribution is -0.902. The number of rotatable bonds is 6. The Bertz CT molecular complexity index is 193. The molecule has 0 rings (SSSR count). The van der Waals surface area contributed by atoms with Crippen molar-refractivity contribution >= 4 is 5.97 Å². The largest absolute Gasteiger partial charge is 1.00 e. The van der Waals surface area contributed by atoms with E-state index in [1.54, 1.807) is 14.1 Å². The Morgan fingerprint density at radius 1 is 1.60 bits per heavy atom. The number of nitrogens with two attached hydrogens (primary N) is 1. The third kappa shape index (κ3) is 7.66. The van der Waals surface area contributed by atoms with Gasteiger partial charge in [0.1, 0.15) is 19.2 Å². The van der Waals surface area contributed by atoms with Crippen LogP contribution in [0.25, 0.3) is 0 Å². The van der Waals surface area contributed by atoms with Crippen LogP contribution in [0, 0.1) is 0 Å². The summed E-state index contributed by atoms with van der Waals surface area (Å²) in [7, 11) is 3.36. The van der Waals surface area contributed by atoms with E-state index in [0.29, 0.717) is 6.54 Å². The molecule has 0 aliphatic rings. The van der Waals surface area contributed by atoms with E-state index in [9.17, 15) is 9.18 Å². The number of hydrogen-bond donors (Lipinski definition) is 2. The third-order valence-corrected chi connectivity index (χ3v) is 1.76. The number of esters is 1. The zero-order valence-corrected chi connectivity index (χ0v) is 10.5. The molecule has 92 valence electrons. The molecule has 3 N–H and O–H groups in total. The number of hydrogen-bond acceptors (Lipinski definition) is 4. The summed E-state index contributed by atoms with van der Waals surface area (Å²) < 4.78 is 17.1. The molecule has 0 saturated heterocycles. The number of ether oxygens (including phenoxy) is 1. The van der Waals surface area contributed by atoms with E-state index in [4.69, 9.17) is 15.6 Å². The molecule has 0 aromatic carbocycles. The first-order chi connectivity index (χ1) is 6.43. The van der Waals surface area contributed by atoms with Crippen LogP contribution in [-0.2, 0) is 9.53 Å². The lowest BCUT2D eigenvalue weighted by Gasteiger charge is -2.25. The second-order valence-corrected chi connectivity index (χ2v) is 3.74. The van der Waals surface area contributed by atoms with E-state index in [2.05, 4.69) is 0 Å². The Morgan fingerprint density at radius 2 is 2.13 bits per heavy atom. The van der Waals surface area contributed by atoms with Gasteiger partial charge in [0.25, 0.3) is 0 Å². The fourth-order valence-corrected chi connectivity index (χ4v) is 0.635. The highest BCUT2D eigenvalue weighted by molar-refractivity contribution is 5.75. The fraction of sp³-hybridized carbons (Fsp3) is 0.875. The molecule has 0 aliphatic carbocycles. The molecule has 0 radical (unpaired) electrons. The van der Waals surface area contributed by atoms with Crippen LogP contribution in [0.3, 0.4) is 0 Å². The van der Waals surface area contributed by atoms with Crippen LogP contribution in [0.1, 0.15) is 0 Å². The molecule has 1 atom stereocenters. The van der Waals surface area contributed by atoms with Gasteiger partial charge in [-0.05, 0) is 0 Å². The Labute approximate surface area is 99.4 Å². The fourth-order valence-electron chi connectivity index (χ4n) is 0.635. The van der Waals surface area contributed by atoms with Gasteiger partial charge in [-0.25, -0.2) is 0 Å². The van der Waals surface area contributed by atoms with Gasteiger partial charge < -0.3 is 32.6 Å². The molecule has 0 spiro atoms. The molecule has 0 saturated carbocycles. The van der Waals surface area contributed by atoms with Crippen molar-refractivity contribution in [2.75, 3.05) is 40.7 Å². The maximum atomic E-state index is 12.3. The van der Waals surface area contributed by atoms with Gasteiger partial charge in [0.2, 0.25) is 6.80 Å². The van der Waals surface area contributed by atoms with E-state index in [1.807, 2.05) is 0 Å². The number of aliphatic hydroxyl groups is 1. The number of carbonyl (C=O) groups is 1. The van der Waals surface area contributed by atoms with Crippen molar-refractivity contribution in [3.05, 3.63) is 0 Å². The highest BCUT2D eigenvalue weighted by Gasteiger charge is 2.17. The van der Waals surface area contributed by atoms with Gasteiger partial charge in [0.15, 0.2) is 0 Å². The average molecular weight is 289 g/mol. The zero-order chi connectivity index (χ0) is 11.2. The molecule has 0 aliphatic heterocycles. The predicted octanol–water partition coefficient (Wildman–Crippen LogP) is -4.14. The Morgan fingerprint density at radius 3 is 2.53 bits per heavy atom. The van der Waals surface area contributed by atoms with Crippen molar-refractivity contribution in [2.24, 2.45) is 5.73 Å². The molecular weight excluding hydrogens is 271 g/mol. The first kappa shape index (κ1) is 17.2. The standard InChI is InChI=1S/C8H18FN2O3.BrH/c1-11(2,6-9)3-4-14-8(13)7(10)5-12;/h7,12H,3-6,10H2,1-2H3;1H/q+1;/p-1. The van der Waals surface area contributed by atoms with Gasteiger partial charge in [-0.3, -0.25) is 9.28 Å². The summed E-state index contributed by atoms with van der Waals surface area (Å²) in [5.74, 6) is -0.661. The number of carbonyl (C=O) groups excluding carboxylic acids is 1. The van der Waals surface area contributed by atoms with Crippen LogP contribution < -0.4 is 22.7 Å². The Kier molecular flexibility index (Phi) is 9.13. The monoisotopic (exact) mass is 288 g/mol. The molecule has 0 aromatic heterocycles. The first-order valence-electron chi connectivity index (χ1n) is 4.34. The summed E-state index contributed by atoms with van der Waals surface area (Å²) in [6, 6.07) is -1.00. The van der Waals surface area contributed by atoms with Crippen LogP contribution >= 0.6 is 0 Å². The SMILES string of the molecule is C[N+](C)(CF)CCOC(=O)C(N)CO.[Br-]. The number of aliphatic hydroxyl groups excluding tert-OH is 1. The lowest BCUT2D eigenvalue weighted by atomic mass is 10.3. The van der Waals surface area contributed by atoms with E-state index < -0.39 is 25.4 Å². The summed E-state index contributed by atoms with van der Waals surface area (Å²) in [4.78, 5) is 10.9. The van der Waals surface area contributed by atoms with Crippen molar-refractivity contribution in [3.8, 4) is 0 Å². The molecule has 0 aromatic rings. The van der Waals surface area contributed by atoms with E-state index in [0.717, 1.165) is 0 Å². The van der Waals surface area contributed by atoms with Crippen LogP contribution in [0.5, 0.6) is 0 Å². The maximum Gasteiger partial charge on any atom is 0.325 e. The summed E-state index contributed by atoms with van der Waals surface area (Å²) in [5.41, 5.74) is 5.20. The number of likely N-dealkylation sites (N-methyl/N-ethyl adjacent to an activating group) is 1. The van der Waals surface area contributed by atoms with Gasteiger partial charge in [-0.2, -0.15) is 4.39 Å². The van der Waals surface area contributed by atoms with Crippen LogP contribution in [0.2, 0.25) is 0 Å². The van der Waals surface area contributed by atoms with Gasteiger partial charge in [-0.1, -0.05) is 0 Å². The number of alkyl halides is 1. The Hall–Kier alpha value is -0.240.